The topological polar surface area (TPSA) is 56.3 Å². The number of hydrogen-bond donors (Lipinski definition) is 2. The number of fused-ring (bicyclic) bond motifs is 6. The van der Waals surface area contributed by atoms with E-state index in [1.165, 1.54) is 67.1 Å². The number of aromatic nitrogens is 2. The van der Waals surface area contributed by atoms with Gasteiger partial charge in [0.1, 0.15) is 0 Å². The third kappa shape index (κ3) is 5.50. The first kappa shape index (κ1) is 35.4. The van der Waals surface area contributed by atoms with Gasteiger partial charge in [0.05, 0.1) is 46.0 Å². The van der Waals surface area contributed by atoms with Gasteiger partial charge in [-0.2, -0.15) is 0 Å². The van der Waals surface area contributed by atoms with Crippen LogP contribution in [0.15, 0.2) is 165 Å². The van der Waals surface area contributed by atoms with Crippen molar-refractivity contribution in [1.29, 1.82) is 0 Å². The van der Waals surface area contributed by atoms with Crippen LogP contribution in [0.5, 0.6) is 0 Å². The second kappa shape index (κ2) is 13.8. The second-order valence-corrected chi connectivity index (χ2v) is 15.7. The molecule has 0 amide bonds. The Labute approximate surface area is 330 Å². The maximum absolute atomic E-state index is 5.75. The standard InChI is InChI=1S/C52H48N4/c1-29-30(2)46-42(38-23-15-10-16-24-38)48-33(5)34(6)50(55-48)44(40-27-19-12-20-28-40)52-36(8)35(7)51(56-52)43(39-25-17-11-18-26-39)49-32(4)31(3)47(54-49)41(45(29)53-46)37-21-13-9-14-22-37/h9-28,41,44,53-54H,1-8H3/b48-42-,51-43-. The molecule has 276 valence electrons. The van der Waals surface area contributed by atoms with E-state index in [2.05, 4.69) is 187 Å². The van der Waals surface area contributed by atoms with E-state index in [9.17, 15) is 0 Å². The summed E-state index contributed by atoms with van der Waals surface area (Å²) in [4.78, 5) is 19.7. The highest BCUT2D eigenvalue weighted by molar-refractivity contribution is 6.27. The Hall–Kier alpha value is -6.26. The van der Waals surface area contributed by atoms with Crippen molar-refractivity contribution in [2.75, 3.05) is 0 Å². The lowest BCUT2D eigenvalue weighted by atomic mass is 9.83. The lowest BCUT2D eigenvalue weighted by Gasteiger charge is -2.20. The lowest BCUT2D eigenvalue weighted by molar-refractivity contribution is 0.874. The van der Waals surface area contributed by atoms with Gasteiger partial charge < -0.3 is 9.97 Å². The lowest BCUT2D eigenvalue weighted by Crippen LogP contribution is -2.22. The maximum atomic E-state index is 5.75. The highest BCUT2D eigenvalue weighted by atomic mass is 14.9. The van der Waals surface area contributed by atoms with Crippen molar-refractivity contribution in [2.45, 2.75) is 67.2 Å². The summed E-state index contributed by atoms with van der Waals surface area (Å²) in [5, 5.41) is 0. The molecule has 3 aliphatic rings. The molecule has 4 heteroatoms. The summed E-state index contributed by atoms with van der Waals surface area (Å²) in [5.74, 6) is -0.234. The van der Waals surface area contributed by atoms with E-state index >= 15 is 0 Å². The van der Waals surface area contributed by atoms with Crippen LogP contribution in [0.3, 0.4) is 0 Å². The fourth-order valence-corrected chi connectivity index (χ4v) is 9.09. The Kier molecular flexibility index (Phi) is 8.73. The van der Waals surface area contributed by atoms with Crippen molar-refractivity contribution in [3.05, 3.63) is 222 Å². The van der Waals surface area contributed by atoms with Gasteiger partial charge in [-0.25, -0.2) is 0 Å². The molecule has 6 aromatic rings. The summed E-state index contributed by atoms with van der Waals surface area (Å²) in [7, 11) is 0. The average molecular weight is 729 g/mol. The van der Waals surface area contributed by atoms with Gasteiger partial charge in [-0.1, -0.05) is 121 Å². The average Bonchev–Trinajstić information content (AvgIpc) is 3.89. The van der Waals surface area contributed by atoms with Crippen LogP contribution < -0.4 is 0 Å². The minimum absolute atomic E-state index is 0.0717. The van der Waals surface area contributed by atoms with E-state index in [4.69, 9.17) is 9.98 Å². The van der Waals surface area contributed by atoms with E-state index in [1.807, 2.05) is 0 Å². The molecule has 0 saturated heterocycles. The van der Waals surface area contributed by atoms with Gasteiger partial charge in [0.25, 0.3) is 0 Å². The number of hydrogen-bond acceptors (Lipinski definition) is 2. The summed E-state index contributed by atoms with van der Waals surface area (Å²) < 4.78 is 0. The van der Waals surface area contributed by atoms with Gasteiger partial charge in [-0.15, -0.1) is 0 Å². The molecule has 0 spiro atoms. The number of allylic oxidation sites excluding steroid dienone is 4. The Morgan fingerprint density at radius 2 is 0.714 bits per heavy atom. The van der Waals surface area contributed by atoms with Crippen LogP contribution in [0.2, 0.25) is 0 Å². The van der Waals surface area contributed by atoms with Crippen molar-refractivity contribution in [2.24, 2.45) is 9.98 Å². The number of benzene rings is 4. The van der Waals surface area contributed by atoms with Gasteiger partial charge in [-0.05, 0) is 122 Å². The number of H-pyrrole nitrogens is 2. The van der Waals surface area contributed by atoms with Crippen LogP contribution in [0.4, 0.5) is 0 Å². The quantitative estimate of drug-likeness (QED) is 0.182. The molecule has 0 fully saturated rings. The largest absolute Gasteiger partial charge is 0.357 e. The molecule has 0 atom stereocenters. The molecule has 9 rings (SSSR count). The zero-order valence-corrected chi connectivity index (χ0v) is 33.6. The number of rotatable bonds is 4. The molecule has 8 bridgehead atoms. The van der Waals surface area contributed by atoms with E-state index in [0.29, 0.717) is 0 Å². The second-order valence-electron chi connectivity index (χ2n) is 15.7. The minimum atomic E-state index is -0.162. The molecule has 0 saturated carbocycles. The first-order valence-electron chi connectivity index (χ1n) is 19.8. The molecular formula is C52H48N4. The summed E-state index contributed by atoms with van der Waals surface area (Å²) in [6.45, 7) is 18.1. The number of nitrogens with zero attached hydrogens (tertiary/aromatic N) is 2. The molecule has 0 aliphatic carbocycles. The van der Waals surface area contributed by atoms with Gasteiger partial charge in [0.15, 0.2) is 0 Å². The predicted octanol–water partition coefficient (Wildman–Crippen LogP) is 12.7. The Morgan fingerprint density at radius 1 is 0.375 bits per heavy atom. The van der Waals surface area contributed by atoms with Crippen molar-refractivity contribution in [3.63, 3.8) is 0 Å². The van der Waals surface area contributed by atoms with Crippen LogP contribution in [0, 0.1) is 27.7 Å². The third-order valence-corrected chi connectivity index (χ3v) is 12.8. The number of aliphatic imine (C=N–C) groups is 2. The maximum Gasteiger partial charge on any atom is 0.0765 e. The molecule has 5 heterocycles. The molecular weight excluding hydrogens is 681 g/mol. The van der Waals surface area contributed by atoms with Crippen molar-refractivity contribution in [1.82, 2.24) is 9.97 Å². The van der Waals surface area contributed by atoms with Gasteiger partial charge >= 0.3 is 0 Å². The van der Waals surface area contributed by atoms with Crippen LogP contribution in [-0.4, -0.2) is 21.4 Å². The molecule has 0 unspecified atom stereocenters. The molecule has 2 aromatic heterocycles. The van der Waals surface area contributed by atoms with Crippen LogP contribution in [-0.2, 0) is 0 Å². The van der Waals surface area contributed by atoms with Crippen molar-refractivity contribution < 1.29 is 0 Å². The van der Waals surface area contributed by atoms with E-state index in [0.717, 1.165) is 56.5 Å². The summed E-state index contributed by atoms with van der Waals surface area (Å²) in [6.07, 6.45) is 0. The fraction of sp³-hybridized carbons (Fsp3) is 0.192. The van der Waals surface area contributed by atoms with E-state index < -0.39 is 0 Å². The summed E-state index contributed by atoms with van der Waals surface area (Å²) >= 11 is 0. The van der Waals surface area contributed by atoms with Crippen molar-refractivity contribution in [3.8, 4) is 0 Å². The first-order valence-corrected chi connectivity index (χ1v) is 19.8. The normalized spacial score (nSPS) is 20.9. The highest BCUT2D eigenvalue weighted by Crippen LogP contribution is 2.47. The molecule has 2 N–H and O–H groups in total. The van der Waals surface area contributed by atoms with Gasteiger partial charge in [0.2, 0.25) is 0 Å². The zero-order chi connectivity index (χ0) is 38.8. The van der Waals surface area contributed by atoms with E-state index in [1.54, 1.807) is 0 Å². The van der Waals surface area contributed by atoms with Crippen LogP contribution in [0.25, 0.3) is 11.1 Å². The molecule has 3 aliphatic heterocycles. The predicted molar refractivity (Wildman–Crippen MR) is 234 cm³/mol. The Morgan fingerprint density at radius 3 is 1.09 bits per heavy atom. The van der Waals surface area contributed by atoms with Gasteiger partial charge in [-0.3, -0.25) is 9.98 Å². The summed E-state index contributed by atoms with van der Waals surface area (Å²) in [5.41, 5.74) is 25.4. The highest BCUT2D eigenvalue weighted by Gasteiger charge is 2.37. The van der Waals surface area contributed by atoms with Crippen LogP contribution in [0.1, 0.15) is 107 Å². The zero-order valence-electron chi connectivity index (χ0n) is 33.6. The third-order valence-electron chi connectivity index (χ3n) is 12.8. The minimum Gasteiger partial charge on any atom is -0.357 e. The monoisotopic (exact) mass is 728 g/mol. The van der Waals surface area contributed by atoms with Crippen LogP contribution >= 0.6 is 0 Å². The Bertz CT molecular complexity index is 2570. The smallest absolute Gasteiger partial charge is 0.0765 e. The summed E-state index contributed by atoms with van der Waals surface area (Å²) in [6, 6.07) is 43.4. The van der Waals surface area contributed by atoms with Gasteiger partial charge in [0, 0.05) is 22.5 Å². The molecule has 4 aromatic carbocycles. The van der Waals surface area contributed by atoms with Crippen molar-refractivity contribution >= 4 is 22.6 Å². The number of aromatic amines is 2. The molecule has 4 nitrogen and oxygen atoms in total. The first-order chi connectivity index (χ1) is 27.2. The number of nitrogens with one attached hydrogen (secondary N) is 2. The molecule has 56 heavy (non-hydrogen) atoms. The fourth-order valence-electron chi connectivity index (χ4n) is 9.09. The SMILES string of the molecule is CC1=C(C)/C2=C(\c3ccccc3)c3[nH]c(c(C)c3C)C(c3ccccc3)c3[nH]c(c(C)c3C)/C(c3ccccc3)=C3\N=C(C(C)=C3C)C(c3ccccc3)C1=N2. The van der Waals surface area contributed by atoms with E-state index in [-0.39, 0.29) is 11.8 Å². The Balaban J connectivity index is 1.47. The molecule has 0 radical (unpaired) electrons.